The van der Waals surface area contributed by atoms with E-state index in [1.165, 1.54) is 25.7 Å². The predicted octanol–water partition coefficient (Wildman–Crippen LogP) is 2.39. The predicted molar refractivity (Wildman–Crippen MR) is 77.2 cm³/mol. The SMILES string of the molecule is CC1CCC(CNC(=O)C2(C(N)=S)CCC2)CC1. The monoisotopic (exact) mass is 268 g/mol. The molecule has 0 aromatic carbocycles. The van der Waals surface area contributed by atoms with Crippen molar-refractivity contribution in [1.29, 1.82) is 0 Å². The van der Waals surface area contributed by atoms with Gasteiger partial charge in [0.25, 0.3) is 0 Å². The molecular formula is C14H24N2OS. The van der Waals surface area contributed by atoms with Crippen LogP contribution in [-0.2, 0) is 4.79 Å². The zero-order valence-electron chi connectivity index (χ0n) is 11.2. The maximum Gasteiger partial charge on any atom is 0.233 e. The highest BCUT2D eigenvalue weighted by atomic mass is 32.1. The van der Waals surface area contributed by atoms with Crippen molar-refractivity contribution >= 4 is 23.1 Å². The fourth-order valence-corrected chi connectivity index (χ4v) is 3.35. The van der Waals surface area contributed by atoms with Crippen LogP contribution in [0.5, 0.6) is 0 Å². The van der Waals surface area contributed by atoms with Crippen molar-refractivity contribution in [2.24, 2.45) is 23.0 Å². The standard InChI is InChI=1S/C14H24N2OS/c1-10-3-5-11(6-4-10)9-16-13(17)14(12(15)18)7-2-8-14/h10-11H,2-9H2,1H3,(H2,15,18)(H,16,17). The molecule has 2 saturated carbocycles. The average Bonchev–Trinajstić information content (AvgIpc) is 2.26. The van der Waals surface area contributed by atoms with Crippen molar-refractivity contribution < 1.29 is 4.79 Å². The highest BCUT2D eigenvalue weighted by Gasteiger charge is 2.46. The molecule has 2 fully saturated rings. The van der Waals surface area contributed by atoms with Crippen molar-refractivity contribution in [2.75, 3.05) is 6.54 Å². The molecule has 18 heavy (non-hydrogen) atoms. The molecule has 0 radical (unpaired) electrons. The fraction of sp³-hybridized carbons (Fsp3) is 0.857. The van der Waals surface area contributed by atoms with Gasteiger partial charge in [0.2, 0.25) is 5.91 Å². The van der Waals surface area contributed by atoms with Gasteiger partial charge in [-0.05, 0) is 37.5 Å². The van der Waals surface area contributed by atoms with Gasteiger partial charge in [0, 0.05) is 6.54 Å². The first-order valence-electron chi connectivity index (χ1n) is 7.13. The summed E-state index contributed by atoms with van der Waals surface area (Å²) in [6.45, 7) is 3.11. The van der Waals surface area contributed by atoms with E-state index in [0.29, 0.717) is 10.9 Å². The normalized spacial score (nSPS) is 30.3. The van der Waals surface area contributed by atoms with E-state index in [-0.39, 0.29) is 5.91 Å². The van der Waals surface area contributed by atoms with Crippen LogP contribution < -0.4 is 11.1 Å². The molecule has 3 N–H and O–H groups in total. The Labute approximate surface area is 115 Å². The molecule has 2 aliphatic rings. The first kappa shape index (κ1) is 13.8. The summed E-state index contributed by atoms with van der Waals surface area (Å²) in [6, 6.07) is 0. The molecule has 0 heterocycles. The first-order valence-corrected chi connectivity index (χ1v) is 7.53. The van der Waals surface area contributed by atoms with Crippen molar-refractivity contribution in [3.05, 3.63) is 0 Å². The van der Waals surface area contributed by atoms with Gasteiger partial charge in [-0.3, -0.25) is 4.79 Å². The molecule has 1 amide bonds. The van der Waals surface area contributed by atoms with Gasteiger partial charge in [-0.1, -0.05) is 38.4 Å². The third kappa shape index (κ3) is 2.68. The van der Waals surface area contributed by atoms with Crippen LogP contribution in [0.15, 0.2) is 0 Å². The molecular weight excluding hydrogens is 244 g/mol. The minimum atomic E-state index is -0.517. The number of thiocarbonyl (C=S) groups is 1. The van der Waals surface area contributed by atoms with Crippen molar-refractivity contribution in [2.45, 2.75) is 51.9 Å². The molecule has 0 aromatic heterocycles. The second-order valence-electron chi connectivity index (χ2n) is 6.14. The molecule has 0 aliphatic heterocycles. The second kappa shape index (κ2) is 5.55. The van der Waals surface area contributed by atoms with Crippen LogP contribution in [0.25, 0.3) is 0 Å². The number of nitrogens with one attached hydrogen (secondary N) is 1. The van der Waals surface area contributed by atoms with Gasteiger partial charge in [-0.2, -0.15) is 0 Å². The van der Waals surface area contributed by atoms with Crippen LogP contribution in [0.1, 0.15) is 51.9 Å². The van der Waals surface area contributed by atoms with Crippen LogP contribution >= 0.6 is 12.2 Å². The number of nitrogens with two attached hydrogens (primary N) is 1. The second-order valence-corrected chi connectivity index (χ2v) is 6.58. The summed E-state index contributed by atoms with van der Waals surface area (Å²) in [6.07, 6.45) is 7.78. The van der Waals surface area contributed by atoms with Gasteiger partial charge >= 0.3 is 0 Å². The molecule has 3 nitrogen and oxygen atoms in total. The van der Waals surface area contributed by atoms with Gasteiger partial charge in [-0.25, -0.2) is 0 Å². The van der Waals surface area contributed by atoms with Crippen LogP contribution in [0, 0.1) is 17.3 Å². The highest BCUT2D eigenvalue weighted by Crippen LogP contribution is 2.41. The molecule has 0 bridgehead atoms. The van der Waals surface area contributed by atoms with Crippen LogP contribution in [-0.4, -0.2) is 17.4 Å². The summed E-state index contributed by atoms with van der Waals surface area (Å²) in [5.41, 5.74) is 5.21. The third-order valence-corrected chi connectivity index (χ3v) is 5.19. The van der Waals surface area contributed by atoms with Gasteiger partial charge in [0.1, 0.15) is 0 Å². The van der Waals surface area contributed by atoms with Crippen LogP contribution in [0.4, 0.5) is 0 Å². The number of hydrogen-bond acceptors (Lipinski definition) is 2. The lowest BCUT2D eigenvalue weighted by Gasteiger charge is -2.39. The smallest absolute Gasteiger partial charge is 0.233 e. The molecule has 2 rings (SSSR count). The number of hydrogen-bond donors (Lipinski definition) is 2. The van der Waals surface area contributed by atoms with Crippen LogP contribution in [0.3, 0.4) is 0 Å². The zero-order chi connectivity index (χ0) is 13.2. The molecule has 0 spiro atoms. The maximum atomic E-state index is 12.2. The zero-order valence-corrected chi connectivity index (χ0v) is 12.0. The quantitative estimate of drug-likeness (QED) is 0.770. The van der Waals surface area contributed by atoms with E-state index in [4.69, 9.17) is 18.0 Å². The number of amides is 1. The Bertz CT molecular complexity index is 331. The fourth-order valence-electron chi connectivity index (χ4n) is 3.06. The third-order valence-electron chi connectivity index (χ3n) is 4.80. The summed E-state index contributed by atoms with van der Waals surface area (Å²) in [4.78, 5) is 12.6. The number of carbonyl (C=O) groups is 1. The maximum absolute atomic E-state index is 12.2. The Balaban J connectivity index is 1.79. The Kier molecular flexibility index (Phi) is 4.25. The Morgan fingerprint density at radius 1 is 1.33 bits per heavy atom. The summed E-state index contributed by atoms with van der Waals surface area (Å²) < 4.78 is 0. The lowest BCUT2D eigenvalue weighted by atomic mass is 9.68. The topological polar surface area (TPSA) is 55.1 Å². The van der Waals surface area contributed by atoms with Crippen LogP contribution in [0.2, 0.25) is 0 Å². The summed E-state index contributed by atoms with van der Waals surface area (Å²) >= 11 is 5.06. The minimum absolute atomic E-state index is 0.0693. The molecule has 2 aliphatic carbocycles. The van der Waals surface area contributed by atoms with E-state index in [2.05, 4.69) is 12.2 Å². The molecule has 0 unspecified atom stereocenters. The van der Waals surface area contributed by atoms with E-state index in [0.717, 1.165) is 31.7 Å². The molecule has 4 heteroatoms. The van der Waals surface area contributed by atoms with E-state index >= 15 is 0 Å². The largest absolute Gasteiger partial charge is 0.392 e. The Hall–Kier alpha value is -0.640. The van der Waals surface area contributed by atoms with Gasteiger partial charge in [0.05, 0.1) is 10.4 Å². The van der Waals surface area contributed by atoms with Gasteiger partial charge < -0.3 is 11.1 Å². The Morgan fingerprint density at radius 3 is 2.39 bits per heavy atom. The first-order chi connectivity index (χ1) is 8.54. The highest BCUT2D eigenvalue weighted by molar-refractivity contribution is 7.80. The van der Waals surface area contributed by atoms with E-state index in [9.17, 15) is 4.79 Å². The molecule has 0 saturated heterocycles. The molecule has 0 atom stereocenters. The van der Waals surface area contributed by atoms with Crippen molar-refractivity contribution in [3.63, 3.8) is 0 Å². The van der Waals surface area contributed by atoms with Crippen molar-refractivity contribution in [3.8, 4) is 0 Å². The van der Waals surface area contributed by atoms with Gasteiger partial charge in [-0.15, -0.1) is 0 Å². The average molecular weight is 268 g/mol. The lowest BCUT2D eigenvalue weighted by molar-refractivity contribution is -0.131. The minimum Gasteiger partial charge on any atom is -0.392 e. The Morgan fingerprint density at radius 2 is 1.94 bits per heavy atom. The number of rotatable bonds is 4. The van der Waals surface area contributed by atoms with Gasteiger partial charge in [0.15, 0.2) is 0 Å². The lowest BCUT2D eigenvalue weighted by Crippen LogP contribution is -2.53. The summed E-state index contributed by atoms with van der Waals surface area (Å²) in [5.74, 6) is 1.57. The van der Waals surface area contributed by atoms with E-state index < -0.39 is 5.41 Å². The van der Waals surface area contributed by atoms with Crippen molar-refractivity contribution in [1.82, 2.24) is 5.32 Å². The molecule has 102 valence electrons. The van der Waals surface area contributed by atoms with E-state index in [1.54, 1.807) is 0 Å². The summed E-state index contributed by atoms with van der Waals surface area (Å²) in [7, 11) is 0. The summed E-state index contributed by atoms with van der Waals surface area (Å²) in [5, 5.41) is 3.08. The molecule has 0 aromatic rings. The van der Waals surface area contributed by atoms with E-state index in [1.807, 2.05) is 0 Å². The number of carbonyl (C=O) groups excluding carboxylic acids is 1.